The van der Waals surface area contributed by atoms with Crippen molar-refractivity contribution in [3.63, 3.8) is 0 Å². The molecule has 0 bridgehead atoms. The Labute approximate surface area is 139 Å². The van der Waals surface area contributed by atoms with Gasteiger partial charge in [-0.3, -0.25) is 0 Å². The number of nitrogens with zero attached hydrogens (tertiary/aromatic N) is 2. The van der Waals surface area contributed by atoms with Crippen LogP contribution in [-0.2, 0) is 7.05 Å². The summed E-state index contributed by atoms with van der Waals surface area (Å²) in [5.74, 6) is -1.01. The largest absolute Gasteiger partial charge is 0.478 e. The van der Waals surface area contributed by atoms with Crippen LogP contribution < -0.4 is 5.32 Å². The Kier molecular flexibility index (Phi) is 3.80. The van der Waals surface area contributed by atoms with Crippen LogP contribution in [0.15, 0.2) is 41.1 Å². The van der Waals surface area contributed by atoms with Crippen molar-refractivity contribution < 1.29 is 9.90 Å². The van der Waals surface area contributed by atoms with Gasteiger partial charge in [-0.2, -0.15) is 0 Å². The van der Waals surface area contributed by atoms with Crippen molar-refractivity contribution in [2.45, 2.75) is 0 Å². The zero-order chi connectivity index (χ0) is 15.9. The lowest BCUT2D eigenvalue weighted by atomic mass is 10.1. The SMILES string of the molecule is Cn1cnc2cc(Nc3ccc(Br)cc3Cl)c(C(=O)O)cc21. The average Bonchev–Trinajstić information content (AvgIpc) is 2.82. The van der Waals surface area contributed by atoms with Crippen molar-refractivity contribution >= 4 is 55.9 Å². The first-order chi connectivity index (χ1) is 10.5. The highest BCUT2D eigenvalue weighted by Crippen LogP contribution is 2.31. The Morgan fingerprint density at radius 3 is 2.77 bits per heavy atom. The minimum Gasteiger partial charge on any atom is -0.478 e. The third-order valence-electron chi connectivity index (χ3n) is 3.30. The van der Waals surface area contributed by atoms with Crippen LogP contribution >= 0.6 is 27.5 Å². The zero-order valence-corrected chi connectivity index (χ0v) is 13.8. The van der Waals surface area contributed by atoms with Crippen LogP contribution in [-0.4, -0.2) is 20.6 Å². The van der Waals surface area contributed by atoms with Crippen LogP contribution in [0, 0.1) is 0 Å². The molecule has 0 amide bonds. The van der Waals surface area contributed by atoms with Gasteiger partial charge in [0, 0.05) is 11.5 Å². The first-order valence-electron chi connectivity index (χ1n) is 6.36. The fourth-order valence-corrected chi connectivity index (χ4v) is 2.91. The predicted molar refractivity (Wildman–Crippen MR) is 90.1 cm³/mol. The van der Waals surface area contributed by atoms with Gasteiger partial charge in [-0.25, -0.2) is 9.78 Å². The second kappa shape index (κ2) is 5.62. The highest BCUT2D eigenvalue weighted by molar-refractivity contribution is 9.10. The molecule has 0 saturated carbocycles. The monoisotopic (exact) mass is 379 g/mol. The van der Waals surface area contributed by atoms with Gasteiger partial charge in [-0.05, 0) is 30.3 Å². The number of fused-ring (bicyclic) bond motifs is 1. The highest BCUT2D eigenvalue weighted by atomic mass is 79.9. The van der Waals surface area contributed by atoms with Crippen LogP contribution in [0.2, 0.25) is 5.02 Å². The van der Waals surface area contributed by atoms with Gasteiger partial charge in [0.05, 0.1) is 39.3 Å². The first-order valence-corrected chi connectivity index (χ1v) is 7.53. The van der Waals surface area contributed by atoms with Crippen LogP contribution in [0.4, 0.5) is 11.4 Å². The van der Waals surface area contributed by atoms with E-state index in [1.54, 1.807) is 35.2 Å². The molecule has 0 saturated heterocycles. The maximum Gasteiger partial charge on any atom is 0.337 e. The molecule has 7 heteroatoms. The maximum absolute atomic E-state index is 11.5. The lowest BCUT2D eigenvalue weighted by Crippen LogP contribution is -2.03. The molecule has 3 rings (SSSR count). The fraction of sp³-hybridized carbons (Fsp3) is 0.0667. The number of aryl methyl sites for hydroxylation is 1. The Morgan fingerprint density at radius 1 is 1.32 bits per heavy atom. The number of hydrogen-bond donors (Lipinski definition) is 2. The van der Waals surface area contributed by atoms with E-state index in [1.807, 2.05) is 13.1 Å². The van der Waals surface area contributed by atoms with Gasteiger partial charge in [-0.15, -0.1) is 0 Å². The van der Waals surface area contributed by atoms with Gasteiger partial charge in [0.1, 0.15) is 0 Å². The summed E-state index contributed by atoms with van der Waals surface area (Å²) in [4.78, 5) is 15.8. The molecule has 1 heterocycles. The summed E-state index contributed by atoms with van der Waals surface area (Å²) in [7, 11) is 1.82. The molecule has 0 aliphatic rings. The Bertz CT molecular complexity index is 892. The fourth-order valence-electron chi connectivity index (χ4n) is 2.19. The van der Waals surface area contributed by atoms with Crippen molar-refractivity contribution in [1.82, 2.24) is 9.55 Å². The summed E-state index contributed by atoms with van der Waals surface area (Å²) in [5.41, 5.74) is 2.70. The average molecular weight is 381 g/mol. The minimum atomic E-state index is -1.01. The number of benzene rings is 2. The molecule has 1 aromatic heterocycles. The normalized spacial score (nSPS) is 10.9. The van der Waals surface area contributed by atoms with Crippen LogP contribution in [0.25, 0.3) is 11.0 Å². The van der Waals surface area contributed by atoms with E-state index in [1.165, 1.54) is 0 Å². The smallest absolute Gasteiger partial charge is 0.337 e. The molecule has 0 unspecified atom stereocenters. The molecule has 5 nitrogen and oxygen atoms in total. The van der Waals surface area contributed by atoms with E-state index in [9.17, 15) is 9.90 Å². The van der Waals surface area contributed by atoms with Crippen LogP contribution in [0.3, 0.4) is 0 Å². The van der Waals surface area contributed by atoms with E-state index in [-0.39, 0.29) is 5.56 Å². The van der Waals surface area contributed by atoms with E-state index >= 15 is 0 Å². The Balaban J connectivity index is 2.12. The van der Waals surface area contributed by atoms with Gasteiger partial charge < -0.3 is 15.0 Å². The van der Waals surface area contributed by atoms with Crippen LogP contribution in [0.1, 0.15) is 10.4 Å². The quantitative estimate of drug-likeness (QED) is 0.705. The summed E-state index contributed by atoms with van der Waals surface area (Å²) in [6.45, 7) is 0. The standard InChI is InChI=1S/C15H11BrClN3O2/c1-20-7-18-13-6-12(9(15(21)22)5-14(13)20)19-11-3-2-8(16)4-10(11)17/h2-7,19H,1H3,(H,21,22). The van der Waals surface area contributed by atoms with Gasteiger partial charge in [0.25, 0.3) is 0 Å². The molecule has 2 N–H and O–H groups in total. The van der Waals surface area contributed by atoms with Gasteiger partial charge in [0.2, 0.25) is 0 Å². The summed E-state index contributed by atoms with van der Waals surface area (Å²) >= 11 is 9.51. The van der Waals surface area contributed by atoms with E-state index in [0.29, 0.717) is 21.9 Å². The lowest BCUT2D eigenvalue weighted by Gasteiger charge is -2.12. The molecule has 0 aliphatic carbocycles. The van der Waals surface area contributed by atoms with Gasteiger partial charge in [-0.1, -0.05) is 27.5 Å². The molecule has 0 radical (unpaired) electrons. The lowest BCUT2D eigenvalue weighted by molar-refractivity contribution is 0.0698. The number of carbonyl (C=O) groups is 1. The topological polar surface area (TPSA) is 67.2 Å². The predicted octanol–water partition coefficient (Wildman–Crippen LogP) is 4.43. The second-order valence-electron chi connectivity index (χ2n) is 4.80. The zero-order valence-electron chi connectivity index (χ0n) is 11.5. The highest BCUT2D eigenvalue weighted by Gasteiger charge is 2.15. The molecule has 0 fully saturated rings. The number of imidazole rings is 1. The molecule has 0 aliphatic heterocycles. The van der Waals surface area contributed by atoms with E-state index in [0.717, 1.165) is 9.99 Å². The number of rotatable bonds is 3. The van der Waals surface area contributed by atoms with Crippen molar-refractivity contribution in [2.24, 2.45) is 7.05 Å². The summed E-state index contributed by atoms with van der Waals surface area (Å²) < 4.78 is 2.62. The first kappa shape index (κ1) is 14.9. The molecule has 2 aromatic carbocycles. The van der Waals surface area contributed by atoms with Crippen LogP contribution in [0.5, 0.6) is 0 Å². The van der Waals surface area contributed by atoms with Crippen molar-refractivity contribution in [1.29, 1.82) is 0 Å². The molecule has 112 valence electrons. The number of aromatic nitrogens is 2. The molecular weight excluding hydrogens is 370 g/mol. The van der Waals surface area contributed by atoms with Crippen molar-refractivity contribution in [3.05, 3.63) is 51.7 Å². The number of carboxylic acids is 1. The molecule has 0 atom stereocenters. The summed E-state index contributed by atoms with van der Waals surface area (Å²) in [6, 6.07) is 8.65. The Morgan fingerprint density at radius 2 is 2.09 bits per heavy atom. The number of nitrogens with one attached hydrogen (secondary N) is 1. The maximum atomic E-state index is 11.5. The third kappa shape index (κ3) is 2.67. The number of aromatic carboxylic acids is 1. The Hall–Kier alpha value is -2.05. The molecule has 22 heavy (non-hydrogen) atoms. The number of carboxylic acid groups (broad SMARTS) is 1. The summed E-state index contributed by atoms with van der Waals surface area (Å²) in [5, 5.41) is 13.0. The van der Waals surface area contributed by atoms with E-state index in [4.69, 9.17) is 11.6 Å². The molecular formula is C15H11BrClN3O2. The third-order valence-corrected chi connectivity index (χ3v) is 4.10. The van der Waals surface area contributed by atoms with E-state index < -0.39 is 5.97 Å². The van der Waals surface area contributed by atoms with Crippen molar-refractivity contribution in [3.8, 4) is 0 Å². The second-order valence-corrected chi connectivity index (χ2v) is 6.12. The van der Waals surface area contributed by atoms with Gasteiger partial charge in [0.15, 0.2) is 0 Å². The number of hydrogen-bond acceptors (Lipinski definition) is 3. The van der Waals surface area contributed by atoms with E-state index in [2.05, 4.69) is 26.2 Å². The van der Waals surface area contributed by atoms with Crippen molar-refractivity contribution in [2.75, 3.05) is 5.32 Å². The van der Waals surface area contributed by atoms with Gasteiger partial charge >= 0.3 is 5.97 Å². The number of anilines is 2. The summed E-state index contributed by atoms with van der Waals surface area (Å²) in [6.07, 6.45) is 1.65. The minimum absolute atomic E-state index is 0.162. The number of halogens is 2. The molecule has 3 aromatic rings. The molecule has 0 spiro atoms.